The standard InChI is InChI=1S/C31H35N7O8/c32-20(11-16-14-34-21-7-3-1-5-18(16)21)28(42)37-24(13-26(33)39)30(44)36-23(9-10-27(40)41)29(43)38-25(31(45)46)12-17-15-35-22-8-4-2-6-19(17)22/h1-8,14-15,20,23-25,34-35H,9-13,32H2,(H2,33,39)(H,36,44)(H,37,42)(H,38,43)(H,40,41)(H,45,46). The highest BCUT2D eigenvalue weighted by Crippen LogP contribution is 2.20. The number of carboxylic acids is 2. The van der Waals surface area contributed by atoms with Crippen LogP contribution in [-0.4, -0.2) is 79.9 Å². The van der Waals surface area contributed by atoms with Crippen LogP contribution in [0.5, 0.6) is 0 Å². The van der Waals surface area contributed by atoms with Crippen LogP contribution in [-0.2, 0) is 41.6 Å². The van der Waals surface area contributed by atoms with Gasteiger partial charge in [0.05, 0.1) is 12.5 Å². The van der Waals surface area contributed by atoms with Gasteiger partial charge in [-0.3, -0.25) is 24.0 Å². The van der Waals surface area contributed by atoms with Crippen molar-refractivity contribution in [2.45, 2.75) is 56.3 Å². The van der Waals surface area contributed by atoms with Crippen molar-refractivity contribution in [2.75, 3.05) is 0 Å². The molecule has 15 nitrogen and oxygen atoms in total. The minimum absolute atomic E-state index is 0.0946. The van der Waals surface area contributed by atoms with Gasteiger partial charge in [0.1, 0.15) is 18.1 Å². The molecule has 242 valence electrons. The van der Waals surface area contributed by atoms with E-state index in [0.29, 0.717) is 5.56 Å². The summed E-state index contributed by atoms with van der Waals surface area (Å²) >= 11 is 0. The Hall–Kier alpha value is -5.70. The van der Waals surface area contributed by atoms with Gasteiger partial charge in [-0.15, -0.1) is 0 Å². The minimum Gasteiger partial charge on any atom is -0.481 e. The van der Waals surface area contributed by atoms with Crippen molar-refractivity contribution in [3.8, 4) is 0 Å². The summed E-state index contributed by atoms with van der Waals surface area (Å²) in [6, 6.07) is 8.92. The maximum atomic E-state index is 13.3. The summed E-state index contributed by atoms with van der Waals surface area (Å²) < 4.78 is 0. The number of hydrogen-bond acceptors (Lipinski definition) is 7. The molecule has 46 heavy (non-hydrogen) atoms. The van der Waals surface area contributed by atoms with Crippen molar-refractivity contribution in [1.29, 1.82) is 0 Å². The summed E-state index contributed by atoms with van der Waals surface area (Å²) in [5, 5.41) is 27.8. The van der Waals surface area contributed by atoms with Gasteiger partial charge in [-0.05, 0) is 36.1 Å². The van der Waals surface area contributed by atoms with Gasteiger partial charge in [0.2, 0.25) is 23.6 Å². The fourth-order valence-corrected chi connectivity index (χ4v) is 5.12. The molecule has 0 aliphatic rings. The van der Waals surface area contributed by atoms with Gasteiger partial charge in [0.15, 0.2) is 0 Å². The van der Waals surface area contributed by atoms with Crippen molar-refractivity contribution < 1.29 is 39.0 Å². The highest BCUT2D eigenvalue weighted by Gasteiger charge is 2.32. The van der Waals surface area contributed by atoms with E-state index in [9.17, 15) is 39.0 Å². The molecule has 2 heterocycles. The molecular formula is C31H35N7O8. The van der Waals surface area contributed by atoms with E-state index in [2.05, 4.69) is 25.9 Å². The third-order valence-corrected chi connectivity index (χ3v) is 7.48. The summed E-state index contributed by atoms with van der Waals surface area (Å²) in [7, 11) is 0. The van der Waals surface area contributed by atoms with Crippen LogP contribution in [0.1, 0.15) is 30.4 Å². The fraction of sp³-hybridized carbons (Fsp3) is 0.290. The first kappa shape index (κ1) is 33.2. The lowest BCUT2D eigenvalue weighted by Crippen LogP contribution is -2.58. The predicted octanol–water partition coefficient (Wildman–Crippen LogP) is 0.0409. The Labute approximate surface area is 262 Å². The smallest absolute Gasteiger partial charge is 0.326 e. The molecule has 0 aliphatic carbocycles. The topological polar surface area (TPSA) is 263 Å². The average molecular weight is 634 g/mol. The van der Waals surface area contributed by atoms with E-state index in [0.717, 1.165) is 27.4 Å². The maximum Gasteiger partial charge on any atom is 0.326 e. The first-order valence-electron chi connectivity index (χ1n) is 14.4. The number of rotatable bonds is 16. The molecule has 0 bridgehead atoms. The molecule has 0 radical (unpaired) electrons. The summed E-state index contributed by atoms with van der Waals surface area (Å²) in [6.07, 6.45) is 1.70. The maximum absolute atomic E-state index is 13.3. The van der Waals surface area contributed by atoms with E-state index < -0.39 is 79.0 Å². The van der Waals surface area contributed by atoms with Gasteiger partial charge in [-0.2, -0.15) is 0 Å². The Morgan fingerprint density at radius 1 is 0.696 bits per heavy atom. The monoisotopic (exact) mass is 633 g/mol. The van der Waals surface area contributed by atoms with Crippen molar-refractivity contribution >= 4 is 57.4 Å². The number of hydrogen-bond donors (Lipinski definition) is 9. The lowest BCUT2D eigenvalue weighted by atomic mass is 10.0. The first-order chi connectivity index (χ1) is 21.9. The molecule has 4 amide bonds. The Bertz CT molecular complexity index is 1760. The highest BCUT2D eigenvalue weighted by molar-refractivity contribution is 5.96. The van der Waals surface area contributed by atoms with E-state index in [4.69, 9.17) is 11.5 Å². The Balaban J connectivity index is 1.46. The largest absolute Gasteiger partial charge is 0.481 e. The number of carboxylic acid groups (broad SMARTS) is 2. The fourth-order valence-electron chi connectivity index (χ4n) is 5.12. The number of carbonyl (C=O) groups excluding carboxylic acids is 4. The minimum atomic E-state index is -1.55. The number of aliphatic carboxylic acids is 2. The van der Waals surface area contributed by atoms with E-state index in [1.807, 2.05) is 24.3 Å². The molecule has 0 spiro atoms. The molecular weight excluding hydrogens is 598 g/mol. The van der Waals surface area contributed by atoms with Crippen LogP contribution in [0.4, 0.5) is 0 Å². The molecule has 4 rings (SSSR count). The second-order valence-corrected chi connectivity index (χ2v) is 10.9. The summed E-state index contributed by atoms with van der Waals surface area (Å²) in [5.74, 6) is -6.33. The number of aromatic nitrogens is 2. The second-order valence-electron chi connectivity index (χ2n) is 10.9. The molecule has 4 unspecified atom stereocenters. The van der Waals surface area contributed by atoms with E-state index in [1.54, 1.807) is 36.7 Å². The van der Waals surface area contributed by atoms with Crippen molar-refractivity contribution in [3.63, 3.8) is 0 Å². The van der Waals surface area contributed by atoms with Gasteiger partial charge in [0, 0.05) is 47.0 Å². The number of carbonyl (C=O) groups is 6. The summed E-state index contributed by atoms with van der Waals surface area (Å²) in [6.45, 7) is 0. The highest BCUT2D eigenvalue weighted by atomic mass is 16.4. The summed E-state index contributed by atoms with van der Waals surface area (Å²) in [4.78, 5) is 80.9. The molecule has 0 fully saturated rings. The molecule has 0 aliphatic heterocycles. The molecule has 11 N–H and O–H groups in total. The molecule has 4 atom stereocenters. The normalized spacial score (nSPS) is 13.8. The molecule has 15 heteroatoms. The Morgan fingerprint density at radius 3 is 1.74 bits per heavy atom. The lowest BCUT2D eigenvalue weighted by molar-refractivity contribution is -0.143. The van der Waals surface area contributed by atoms with Gasteiger partial charge < -0.3 is 47.6 Å². The predicted molar refractivity (Wildman–Crippen MR) is 166 cm³/mol. The second kappa shape index (κ2) is 14.9. The molecule has 0 saturated heterocycles. The molecule has 2 aromatic carbocycles. The molecule has 4 aromatic rings. The first-order valence-corrected chi connectivity index (χ1v) is 14.4. The Kier molecular flexibility index (Phi) is 10.7. The molecule has 2 aromatic heterocycles. The number of fused-ring (bicyclic) bond motifs is 2. The van der Waals surface area contributed by atoms with Crippen molar-refractivity contribution in [3.05, 3.63) is 72.1 Å². The third kappa shape index (κ3) is 8.47. The van der Waals surface area contributed by atoms with E-state index >= 15 is 0 Å². The van der Waals surface area contributed by atoms with Gasteiger partial charge >= 0.3 is 11.9 Å². The van der Waals surface area contributed by atoms with Crippen LogP contribution in [0.3, 0.4) is 0 Å². The van der Waals surface area contributed by atoms with Crippen LogP contribution >= 0.6 is 0 Å². The Morgan fingerprint density at radius 2 is 1.20 bits per heavy atom. The van der Waals surface area contributed by atoms with Crippen LogP contribution in [0, 0.1) is 0 Å². The number of para-hydroxylation sites is 2. The van der Waals surface area contributed by atoms with Crippen LogP contribution in [0.25, 0.3) is 21.8 Å². The van der Waals surface area contributed by atoms with Crippen LogP contribution in [0.2, 0.25) is 0 Å². The lowest BCUT2D eigenvalue weighted by Gasteiger charge is -2.24. The number of aromatic amines is 2. The number of H-pyrrole nitrogens is 2. The van der Waals surface area contributed by atoms with Gasteiger partial charge in [-0.25, -0.2) is 4.79 Å². The zero-order valence-electron chi connectivity index (χ0n) is 24.6. The van der Waals surface area contributed by atoms with Crippen molar-refractivity contribution in [1.82, 2.24) is 25.9 Å². The van der Waals surface area contributed by atoms with Gasteiger partial charge in [-0.1, -0.05) is 36.4 Å². The van der Waals surface area contributed by atoms with Crippen LogP contribution < -0.4 is 27.4 Å². The zero-order valence-corrected chi connectivity index (χ0v) is 24.6. The average Bonchev–Trinajstić information content (AvgIpc) is 3.62. The van der Waals surface area contributed by atoms with E-state index in [-0.39, 0.29) is 12.8 Å². The van der Waals surface area contributed by atoms with Crippen LogP contribution in [0.15, 0.2) is 60.9 Å². The quantitative estimate of drug-likeness (QED) is 0.0805. The zero-order chi connectivity index (χ0) is 33.4. The summed E-state index contributed by atoms with van der Waals surface area (Å²) in [5.41, 5.74) is 14.4. The number of benzene rings is 2. The number of nitrogens with one attached hydrogen (secondary N) is 5. The SMILES string of the molecule is NC(=O)CC(NC(=O)C(N)Cc1c[nH]c2ccccc12)C(=O)NC(CCC(=O)O)C(=O)NC(Cc1c[nH]c2ccccc12)C(=O)O. The van der Waals surface area contributed by atoms with Crippen molar-refractivity contribution in [2.24, 2.45) is 11.5 Å². The number of nitrogens with two attached hydrogens (primary N) is 2. The molecule has 0 saturated carbocycles. The number of primary amides is 1. The van der Waals surface area contributed by atoms with E-state index in [1.165, 1.54) is 0 Å². The third-order valence-electron chi connectivity index (χ3n) is 7.48. The van der Waals surface area contributed by atoms with Gasteiger partial charge in [0.25, 0.3) is 0 Å². The number of amides is 4.